The van der Waals surface area contributed by atoms with Crippen LogP contribution in [0, 0.1) is 0 Å². The molecule has 1 amide bonds. The third-order valence-corrected chi connectivity index (χ3v) is 4.42. The zero-order chi connectivity index (χ0) is 13.7. The highest BCUT2D eigenvalue weighted by atomic mass is 16.2. The molecule has 0 spiro atoms. The molecule has 1 atom stereocenters. The molecule has 0 bridgehead atoms. The van der Waals surface area contributed by atoms with Crippen molar-refractivity contribution in [2.75, 3.05) is 59.4 Å². The van der Waals surface area contributed by atoms with Gasteiger partial charge < -0.3 is 15.1 Å². The molecular weight excluding hydrogens is 240 g/mol. The third-order valence-electron chi connectivity index (χ3n) is 4.42. The number of nitrogens with zero attached hydrogens (tertiary/aromatic N) is 3. The summed E-state index contributed by atoms with van der Waals surface area (Å²) in [5.74, 6) is 0.258. The highest BCUT2D eigenvalue weighted by Gasteiger charge is 2.23. The topological polar surface area (TPSA) is 38.8 Å². The zero-order valence-electron chi connectivity index (χ0n) is 12.4. The van der Waals surface area contributed by atoms with Crippen LogP contribution in [0.5, 0.6) is 0 Å². The zero-order valence-corrected chi connectivity index (χ0v) is 12.4. The van der Waals surface area contributed by atoms with E-state index in [-0.39, 0.29) is 5.91 Å². The van der Waals surface area contributed by atoms with E-state index in [2.05, 4.69) is 29.1 Å². The number of amides is 1. The number of carbonyl (C=O) groups is 1. The molecule has 0 radical (unpaired) electrons. The van der Waals surface area contributed by atoms with E-state index in [0.29, 0.717) is 12.6 Å². The Morgan fingerprint density at radius 1 is 1.21 bits per heavy atom. The van der Waals surface area contributed by atoms with Crippen LogP contribution in [0.25, 0.3) is 0 Å². The number of hydrogen-bond acceptors (Lipinski definition) is 4. The lowest BCUT2D eigenvalue weighted by Crippen LogP contribution is -2.50. The van der Waals surface area contributed by atoms with Gasteiger partial charge in [-0.05, 0) is 33.0 Å². The molecular formula is C14H28N4O. The van der Waals surface area contributed by atoms with Gasteiger partial charge in [0, 0.05) is 38.8 Å². The van der Waals surface area contributed by atoms with Crippen LogP contribution in [0.3, 0.4) is 0 Å². The van der Waals surface area contributed by atoms with Crippen molar-refractivity contribution in [3.8, 4) is 0 Å². The highest BCUT2D eigenvalue weighted by Crippen LogP contribution is 2.15. The van der Waals surface area contributed by atoms with E-state index in [9.17, 15) is 4.79 Å². The smallest absolute Gasteiger partial charge is 0.236 e. The minimum Gasteiger partial charge on any atom is -0.339 e. The van der Waals surface area contributed by atoms with E-state index in [4.69, 9.17) is 0 Å². The van der Waals surface area contributed by atoms with Gasteiger partial charge in [-0.25, -0.2) is 0 Å². The maximum Gasteiger partial charge on any atom is 0.236 e. The van der Waals surface area contributed by atoms with Gasteiger partial charge in [-0.15, -0.1) is 0 Å². The lowest BCUT2D eigenvalue weighted by atomic mass is 10.2. The summed E-state index contributed by atoms with van der Waals surface area (Å²) in [6, 6.07) is 0.630. The summed E-state index contributed by atoms with van der Waals surface area (Å²) in [5.41, 5.74) is 0. The Balaban J connectivity index is 1.64. The van der Waals surface area contributed by atoms with Crippen molar-refractivity contribution in [1.82, 2.24) is 20.0 Å². The first kappa shape index (κ1) is 14.8. The number of piperazine rings is 1. The van der Waals surface area contributed by atoms with Crippen molar-refractivity contribution >= 4 is 5.91 Å². The Morgan fingerprint density at radius 3 is 2.63 bits per heavy atom. The lowest BCUT2D eigenvalue weighted by molar-refractivity contribution is -0.131. The minimum absolute atomic E-state index is 0.258. The van der Waals surface area contributed by atoms with Crippen LogP contribution < -0.4 is 5.32 Å². The van der Waals surface area contributed by atoms with Crippen molar-refractivity contribution in [3.63, 3.8) is 0 Å². The predicted molar refractivity (Wildman–Crippen MR) is 77.2 cm³/mol. The van der Waals surface area contributed by atoms with E-state index in [1.165, 1.54) is 19.4 Å². The molecule has 0 aromatic rings. The molecule has 1 N–H and O–H groups in total. The fraction of sp³-hybridized carbons (Fsp3) is 0.929. The van der Waals surface area contributed by atoms with Crippen LogP contribution in [0.2, 0.25) is 0 Å². The summed E-state index contributed by atoms with van der Waals surface area (Å²) >= 11 is 0. The quantitative estimate of drug-likeness (QED) is 0.752. The highest BCUT2D eigenvalue weighted by molar-refractivity contribution is 5.78. The lowest BCUT2D eigenvalue weighted by Gasteiger charge is -2.32. The van der Waals surface area contributed by atoms with Crippen molar-refractivity contribution < 1.29 is 4.79 Å². The Morgan fingerprint density at radius 2 is 1.95 bits per heavy atom. The van der Waals surface area contributed by atoms with E-state index >= 15 is 0 Å². The monoisotopic (exact) mass is 268 g/mol. The predicted octanol–water partition coefficient (Wildman–Crippen LogP) is -0.166. The van der Waals surface area contributed by atoms with Crippen molar-refractivity contribution in [1.29, 1.82) is 0 Å². The molecule has 0 aromatic heterocycles. The Hall–Kier alpha value is -0.650. The summed E-state index contributed by atoms with van der Waals surface area (Å²) < 4.78 is 0. The van der Waals surface area contributed by atoms with Crippen molar-refractivity contribution in [3.05, 3.63) is 0 Å². The molecule has 19 heavy (non-hydrogen) atoms. The first-order chi connectivity index (χ1) is 9.20. The van der Waals surface area contributed by atoms with Gasteiger partial charge in [-0.2, -0.15) is 0 Å². The fourth-order valence-electron chi connectivity index (χ4n) is 3.06. The van der Waals surface area contributed by atoms with Gasteiger partial charge in [0.15, 0.2) is 0 Å². The first-order valence-corrected chi connectivity index (χ1v) is 7.61. The molecule has 5 nitrogen and oxygen atoms in total. The van der Waals surface area contributed by atoms with Gasteiger partial charge in [-0.1, -0.05) is 6.92 Å². The van der Waals surface area contributed by atoms with Gasteiger partial charge in [0.2, 0.25) is 5.91 Å². The molecule has 5 heteroatoms. The van der Waals surface area contributed by atoms with E-state index in [1.54, 1.807) is 0 Å². The first-order valence-electron chi connectivity index (χ1n) is 7.61. The van der Waals surface area contributed by atoms with Crippen LogP contribution in [0.1, 0.15) is 19.8 Å². The Kier molecular flexibility index (Phi) is 5.60. The maximum atomic E-state index is 12.1. The Labute approximate surface area is 116 Å². The molecule has 2 rings (SSSR count). The summed E-state index contributed by atoms with van der Waals surface area (Å²) in [4.78, 5) is 18.8. The average Bonchev–Trinajstić information content (AvgIpc) is 2.87. The molecule has 2 aliphatic rings. The molecule has 0 saturated carbocycles. The second-order valence-corrected chi connectivity index (χ2v) is 5.74. The molecule has 0 aromatic carbocycles. The van der Waals surface area contributed by atoms with Gasteiger partial charge in [0.05, 0.1) is 6.54 Å². The summed E-state index contributed by atoms with van der Waals surface area (Å²) in [6.45, 7) is 9.76. The normalized spacial score (nSPS) is 26.0. The molecule has 1 unspecified atom stereocenters. The molecule has 2 aliphatic heterocycles. The van der Waals surface area contributed by atoms with E-state index in [1.807, 2.05) is 4.90 Å². The van der Waals surface area contributed by atoms with Crippen LogP contribution >= 0.6 is 0 Å². The van der Waals surface area contributed by atoms with Crippen LogP contribution in [-0.2, 0) is 4.79 Å². The number of nitrogens with one attached hydrogen (secondary N) is 1. The average molecular weight is 268 g/mol. The van der Waals surface area contributed by atoms with Crippen LogP contribution in [-0.4, -0.2) is 86.1 Å². The molecule has 2 fully saturated rings. The van der Waals surface area contributed by atoms with Gasteiger partial charge in [0.25, 0.3) is 0 Å². The summed E-state index contributed by atoms with van der Waals surface area (Å²) in [5, 5.41) is 3.35. The van der Waals surface area contributed by atoms with Gasteiger partial charge in [-0.3, -0.25) is 9.69 Å². The van der Waals surface area contributed by atoms with Crippen molar-refractivity contribution in [2.24, 2.45) is 0 Å². The van der Waals surface area contributed by atoms with Crippen LogP contribution in [0.15, 0.2) is 0 Å². The second-order valence-electron chi connectivity index (χ2n) is 5.74. The number of carbonyl (C=O) groups excluding carboxylic acids is 1. The van der Waals surface area contributed by atoms with Gasteiger partial charge in [0.1, 0.15) is 0 Å². The largest absolute Gasteiger partial charge is 0.339 e. The van der Waals surface area contributed by atoms with E-state index in [0.717, 1.165) is 39.3 Å². The molecule has 0 aliphatic carbocycles. The minimum atomic E-state index is 0.258. The second kappa shape index (κ2) is 7.22. The molecule has 110 valence electrons. The summed E-state index contributed by atoms with van der Waals surface area (Å²) in [6.07, 6.45) is 2.57. The maximum absolute atomic E-state index is 12.1. The van der Waals surface area contributed by atoms with Gasteiger partial charge >= 0.3 is 0 Å². The molecule has 2 heterocycles. The summed E-state index contributed by atoms with van der Waals surface area (Å²) in [7, 11) is 2.11. The third kappa shape index (κ3) is 4.16. The van der Waals surface area contributed by atoms with E-state index < -0.39 is 0 Å². The SMILES string of the molecule is CCN1CCCC1CNCC(=O)N1CCN(C)CC1. The number of hydrogen-bond donors (Lipinski definition) is 1. The Bertz CT molecular complexity index is 289. The van der Waals surface area contributed by atoms with Crippen molar-refractivity contribution in [2.45, 2.75) is 25.8 Å². The standard InChI is InChI=1S/C14H28N4O/c1-3-17-6-4-5-13(17)11-15-12-14(19)18-9-7-16(2)8-10-18/h13,15H,3-12H2,1-2H3. The fourth-order valence-corrected chi connectivity index (χ4v) is 3.06. The van der Waals surface area contributed by atoms with Crippen LogP contribution in [0.4, 0.5) is 0 Å². The number of likely N-dealkylation sites (tertiary alicyclic amines) is 1. The number of likely N-dealkylation sites (N-methyl/N-ethyl adjacent to an activating group) is 2. The molecule has 2 saturated heterocycles. The number of rotatable bonds is 5.